The average Bonchev–Trinajstić information content (AvgIpc) is 3.05. The predicted molar refractivity (Wildman–Crippen MR) is 98.6 cm³/mol. The van der Waals surface area contributed by atoms with Gasteiger partial charge in [0.1, 0.15) is 17.1 Å². The molecule has 0 spiro atoms. The number of hydrogen-bond donors (Lipinski definition) is 2. The fourth-order valence-corrected chi connectivity index (χ4v) is 4.09. The van der Waals surface area contributed by atoms with Gasteiger partial charge in [-0.3, -0.25) is 14.8 Å². The molecule has 26 heavy (non-hydrogen) atoms. The number of rotatable bonds is 3. The monoisotopic (exact) mass is 350 g/mol. The topological polar surface area (TPSA) is 93.9 Å². The number of anilines is 1. The summed E-state index contributed by atoms with van der Waals surface area (Å²) < 4.78 is 0. The summed E-state index contributed by atoms with van der Waals surface area (Å²) in [5.41, 5.74) is 2.95. The molecule has 2 aromatic rings. The Morgan fingerprint density at radius 2 is 2.08 bits per heavy atom. The molecular formula is C19H22N6O. The minimum Gasteiger partial charge on any atom is -0.368 e. The largest absolute Gasteiger partial charge is 0.368 e. The van der Waals surface area contributed by atoms with Crippen LogP contribution in [-0.2, 0) is 4.79 Å². The van der Waals surface area contributed by atoms with Crippen molar-refractivity contribution in [3.05, 3.63) is 30.1 Å². The van der Waals surface area contributed by atoms with Crippen LogP contribution in [0.2, 0.25) is 0 Å². The van der Waals surface area contributed by atoms with Crippen LogP contribution < -0.4 is 15.5 Å². The number of amides is 1. The molecular weight excluding hydrogens is 328 g/mol. The molecule has 4 rings (SSSR count). The highest BCUT2D eigenvalue weighted by atomic mass is 16.2. The summed E-state index contributed by atoms with van der Waals surface area (Å²) in [5, 5.41) is 15.7. The molecule has 2 aliphatic heterocycles. The van der Waals surface area contributed by atoms with Gasteiger partial charge in [-0.15, -0.1) is 0 Å². The number of carbonyl (C=O) groups is 1. The number of nitriles is 1. The zero-order chi connectivity index (χ0) is 18.1. The Hall–Kier alpha value is -2.72. The van der Waals surface area contributed by atoms with Crippen LogP contribution in [0.1, 0.15) is 25.3 Å². The third kappa shape index (κ3) is 3.08. The molecule has 1 aromatic heterocycles. The molecule has 3 atom stereocenters. The molecule has 0 bridgehead atoms. The Bertz CT molecular complexity index is 876. The Kier molecular flexibility index (Phi) is 4.43. The Morgan fingerprint density at radius 1 is 1.27 bits per heavy atom. The fourth-order valence-electron chi connectivity index (χ4n) is 4.09. The SMILES string of the molecule is CC1CC(NC2CCNC2=O)CN(c2ccc(C#N)c3nccnc23)C1. The normalized spacial score (nSPS) is 25.9. The van der Waals surface area contributed by atoms with E-state index in [1.807, 2.05) is 12.1 Å². The third-order valence-corrected chi connectivity index (χ3v) is 5.21. The minimum absolute atomic E-state index is 0.0929. The van der Waals surface area contributed by atoms with Gasteiger partial charge in [-0.25, -0.2) is 0 Å². The number of carbonyl (C=O) groups excluding carboxylic acids is 1. The summed E-state index contributed by atoms with van der Waals surface area (Å²) in [6.45, 7) is 4.71. The van der Waals surface area contributed by atoms with Crippen molar-refractivity contribution in [2.45, 2.75) is 31.8 Å². The van der Waals surface area contributed by atoms with Crippen molar-refractivity contribution in [1.82, 2.24) is 20.6 Å². The maximum absolute atomic E-state index is 11.9. The van der Waals surface area contributed by atoms with Gasteiger partial charge in [0.2, 0.25) is 5.91 Å². The molecule has 0 aliphatic carbocycles. The van der Waals surface area contributed by atoms with Crippen LogP contribution in [0.25, 0.3) is 11.0 Å². The lowest BCUT2D eigenvalue weighted by atomic mass is 9.94. The number of nitrogens with one attached hydrogen (secondary N) is 2. The van der Waals surface area contributed by atoms with E-state index >= 15 is 0 Å². The van der Waals surface area contributed by atoms with E-state index in [2.05, 4.69) is 38.5 Å². The van der Waals surface area contributed by atoms with Crippen LogP contribution in [0.4, 0.5) is 5.69 Å². The number of fused-ring (bicyclic) bond motifs is 1. The van der Waals surface area contributed by atoms with Gasteiger partial charge in [-0.2, -0.15) is 5.26 Å². The quantitative estimate of drug-likeness (QED) is 0.864. The van der Waals surface area contributed by atoms with Crippen molar-refractivity contribution in [2.24, 2.45) is 5.92 Å². The lowest BCUT2D eigenvalue weighted by molar-refractivity contribution is -0.121. The van der Waals surface area contributed by atoms with Crippen LogP contribution in [0.5, 0.6) is 0 Å². The van der Waals surface area contributed by atoms with Crippen LogP contribution >= 0.6 is 0 Å². The van der Waals surface area contributed by atoms with Crippen molar-refractivity contribution in [3.8, 4) is 6.07 Å². The summed E-state index contributed by atoms with van der Waals surface area (Å²) in [6.07, 6.45) is 5.17. The summed E-state index contributed by atoms with van der Waals surface area (Å²) in [7, 11) is 0. The van der Waals surface area contributed by atoms with Gasteiger partial charge < -0.3 is 15.5 Å². The van der Waals surface area contributed by atoms with Crippen molar-refractivity contribution in [1.29, 1.82) is 5.26 Å². The first-order valence-electron chi connectivity index (χ1n) is 9.08. The predicted octanol–water partition coefficient (Wildman–Crippen LogP) is 1.19. The van der Waals surface area contributed by atoms with E-state index < -0.39 is 0 Å². The lowest BCUT2D eigenvalue weighted by Gasteiger charge is -2.39. The minimum atomic E-state index is -0.0929. The molecule has 3 heterocycles. The Morgan fingerprint density at radius 3 is 2.81 bits per heavy atom. The molecule has 7 heteroatoms. The van der Waals surface area contributed by atoms with E-state index in [1.165, 1.54) is 0 Å². The zero-order valence-electron chi connectivity index (χ0n) is 14.8. The summed E-state index contributed by atoms with van der Waals surface area (Å²) >= 11 is 0. The van der Waals surface area contributed by atoms with Gasteiger partial charge in [0.15, 0.2) is 0 Å². The molecule has 7 nitrogen and oxygen atoms in total. The van der Waals surface area contributed by atoms with Gasteiger partial charge >= 0.3 is 0 Å². The number of nitrogens with zero attached hydrogens (tertiary/aromatic N) is 4. The fraction of sp³-hybridized carbons (Fsp3) is 0.474. The van der Waals surface area contributed by atoms with Gasteiger partial charge in [0.25, 0.3) is 0 Å². The van der Waals surface area contributed by atoms with Crippen LogP contribution in [0, 0.1) is 17.2 Å². The van der Waals surface area contributed by atoms with Gasteiger partial charge in [0, 0.05) is 38.1 Å². The highest BCUT2D eigenvalue weighted by Gasteiger charge is 2.31. The second-order valence-electron chi connectivity index (χ2n) is 7.24. The van der Waals surface area contributed by atoms with E-state index in [9.17, 15) is 10.1 Å². The smallest absolute Gasteiger partial charge is 0.237 e. The lowest BCUT2D eigenvalue weighted by Crippen LogP contribution is -2.53. The zero-order valence-corrected chi connectivity index (χ0v) is 14.8. The van der Waals surface area contributed by atoms with Crippen molar-refractivity contribution in [2.75, 3.05) is 24.5 Å². The van der Waals surface area contributed by atoms with E-state index in [4.69, 9.17) is 0 Å². The number of hydrogen-bond acceptors (Lipinski definition) is 6. The molecule has 2 N–H and O–H groups in total. The number of piperidine rings is 1. The summed E-state index contributed by atoms with van der Waals surface area (Å²) in [6, 6.07) is 6.13. The van der Waals surface area contributed by atoms with Crippen LogP contribution in [0.3, 0.4) is 0 Å². The van der Waals surface area contributed by atoms with E-state index in [0.29, 0.717) is 17.0 Å². The molecule has 0 saturated carbocycles. The standard InChI is InChI=1S/C19H22N6O/c1-12-8-14(24-15-4-5-23-19(15)26)11-25(10-12)16-3-2-13(9-20)17-18(16)22-7-6-21-17/h2-3,6-7,12,14-15,24H,4-5,8,10-11H2,1H3,(H,23,26). The number of aromatic nitrogens is 2. The molecule has 3 unspecified atom stereocenters. The maximum atomic E-state index is 11.9. The van der Waals surface area contributed by atoms with Gasteiger partial charge in [-0.1, -0.05) is 6.92 Å². The van der Waals surface area contributed by atoms with E-state index in [1.54, 1.807) is 12.4 Å². The van der Waals surface area contributed by atoms with Crippen molar-refractivity contribution < 1.29 is 4.79 Å². The molecule has 2 aliphatic rings. The van der Waals surface area contributed by atoms with Gasteiger partial charge in [0.05, 0.1) is 17.3 Å². The molecule has 0 radical (unpaired) electrons. The first-order valence-corrected chi connectivity index (χ1v) is 9.08. The highest BCUT2D eigenvalue weighted by Crippen LogP contribution is 2.30. The second-order valence-corrected chi connectivity index (χ2v) is 7.24. The Balaban J connectivity index is 1.62. The molecule has 1 aromatic carbocycles. The first kappa shape index (κ1) is 16.7. The average molecular weight is 350 g/mol. The Labute approximate surface area is 152 Å². The van der Waals surface area contributed by atoms with Crippen LogP contribution in [-0.4, -0.2) is 47.6 Å². The first-order chi connectivity index (χ1) is 12.7. The van der Waals surface area contributed by atoms with Crippen molar-refractivity contribution in [3.63, 3.8) is 0 Å². The third-order valence-electron chi connectivity index (χ3n) is 5.21. The summed E-state index contributed by atoms with van der Waals surface area (Å²) in [4.78, 5) is 23.0. The molecule has 2 saturated heterocycles. The van der Waals surface area contributed by atoms with Crippen LogP contribution in [0.15, 0.2) is 24.5 Å². The maximum Gasteiger partial charge on any atom is 0.237 e. The molecule has 1 amide bonds. The van der Waals surface area contributed by atoms with Crippen molar-refractivity contribution >= 4 is 22.6 Å². The van der Waals surface area contributed by atoms with E-state index in [0.717, 1.165) is 43.7 Å². The number of benzene rings is 1. The molecule has 2 fully saturated rings. The summed E-state index contributed by atoms with van der Waals surface area (Å²) in [5.74, 6) is 0.595. The second kappa shape index (κ2) is 6.89. The highest BCUT2D eigenvalue weighted by molar-refractivity contribution is 5.92. The van der Waals surface area contributed by atoms with Gasteiger partial charge in [-0.05, 0) is 30.9 Å². The van der Waals surface area contributed by atoms with E-state index in [-0.39, 0.29) is 18.0 Å². The molecule has 134 valence electrons.